The highest BCUT2D eigenvalue weighted by molar-refractivity contribution is 14.0. The largest absolute Gasteiger partial charge is 0.381 e. The average Bonchev–Trinajstić information content (AvgIpc) is 2.65. The number of aryl methyl sites for hydroxylation is 1. The highest BCUT2D eigenvalue weighted by Crippen LogP contribution is 2.14. The van der Waals surface area contributed by atoms with Crippen LogP contribution in [0.2, 0.25) is 0 Å². The van der Waals surface area contributed by atoms with E-state index in [4.69, 9.17) is 9.47 Å². The van der Waals surface area contributed by atoms with E-state index in [0.29, 0.717) is 5.92 Å². The van der Waals surface area contributed by atoms with E-state index < -0.39 is 0 Å². The molecule has 0 saturated carbocycles. The van der Waals surface area contributed by atoms with Crippen LogP contribution in [0.5, 0.6) is 0 Å². The molecule has 0 unspecified atom stereocenters. The van der Waals surface area contributed by atoms with Crippen LogP contribution in [0.1, 0.15) is 30.4 Å². The Morgan fingerprint density at radius 2 is 2.08 bits per heavy atom. The number of rotatable bonds is 9. The van der Waals surface area contributed by atoms with Crippen LogP contribution >= 0.6 is 24.0 Å². The van der Waals surface area contributed by atoms with Gasteiger partial charge in [-0.15, -0.1) is 24.0 Å². The van der Waals surface area contributed by atoms with Gasteiger partial charge < -0.3 is 20.1 Å². The first kappa shape index (κ1) is 23.1. The summed E-state index contributed by atoms with van der Waals surface area (Å²) in [5.74, 6) is 1.52. The first-order valence-electron chi connectivity index (χ1n) is 9.29. The van der Waals surface area contributed by atoms with Crippen LogP contribution in [0.4, 0.5) is 0 Å². The predicted molar refractivity (Wildman–Crippen MR) is 116 cm³/mol. The van der Waals surface area contributed by atoms with Crippen LogP contribution in [-0.2, 0) is 15.9 Å². The molecule has 1 aliphatic heterocycles. The Hall–Kier alpha value is -0.930. The Morgan fingerprint density at radius 1 is 1.31 bits per heavy atom. The quantitative estimate of drug-likeness (QED) is 0.248. The van der Waals surface area contributed by atoms with Crippen molar-refractivity contribution >= 4 is 29.9 Å². The van der Waals surface area contributed by atoms with E-state index in [1.807, 2.05) is 12.4 Å². The van der Waals surface area contributed by atoms with Crippen molar-refractivity contribution in [3.8, 4) is 0 Å². The van der Waals surface area contributed by atoms with E-state index in [1.165, 1.54) is 11.1 Å². The van der Waals surface area contributed by atoms with Crippen LogP contribution in [0.25, 0.3) is 0 Å². The van der Waals surface area contributed by atoms with E-state index in [0.717, 1.165) is 71.2 Å². The van der Waals surface area contributed by atoms with Crippen molar-refractivity contribution in [1.29, 1.82) is 0 Å². The van der Waals surface area contributed by atoms with Gasteiger partial charge in [-0.2, -0.15) is 0 Å². The van der Waals surface area contributed by atoms with Crippen molar-refractivity contribution in [2.24, 2.45) is 10.9 Å². The van der Waals surface area contributed by atoms with Gasteiger partial charge in [0, 0.05) is 59.0 Å². The molecule has 1 fully saturated rings. The number of guanidine groups is 1. The van der Waals surface area contributed by atoms with Crippen LogP contribution in [-0.4, -0.2) is 57.5 Å². The molecule has 1 aromatic rings. The molecule has 0 amide bonds. The van der Waals surface area contributed by atoms with Gasteiger partial charge in [0.05, 0.1) is 0 Å². The zero-order valence-electron chi connectivity index (χ0n) is 16.0. The van der Waals surface area contributed by atoms with E-state index in [1.54, 1.807) is 7.05 Å². The molecule has 148 valence electrons. The summed E-state index contributed by atoms with van der Waals surface area (Å²) in [5, 5.41) is 6.69. The SMILES string of the molecule is CN=C(NCCCOCC1CCOCC1)NCCc1ccncc1C.I. The molecule has 7 heteroatoms. The lowest BCUT2D eigenvalue weighted by molar-refractivity contribution is 0.0203. The molecule has 0 aromatic carbocycles. The number of aromatic nitrogens is 1. The molecule has 0 radical (unpaired) electrons. The maximum atomic E-state index is 5.78. The Morgan fingerprint density at radius 3 is 2.81 bits per heavy atom. The van der Waals surface area contributed by atoms with Gasteiger partial charge in [0.25, 0.3) is 0 Å². The molecule has 0 bridgehead atoms. The molecule has 0 atom stereocenters. The highest BCUT2D eigenvalue weighted by atomic mass is 127. The molecule has 2 N–H and O–H groups in total. The molecule has 2 rings (SSSR count). The third-order valence-corrected chi connectivity index (χ3v) is 4.50. The maximum absolute atomic E-state index is 5.78. The van der Waals surface area contributed by atoms with Gasteiger partial charge in [0.1, 0.15) is 0 Å². The Bertz CT molecular complexity index is 522. The first-order valence-corrected chi connectivity index (χ1v) is 9.29. The number of pyridine rings is 1. The van der Waals surface area contributed by atoms with E-state index in [9.17, 15) is 0 Å². The minimum absolute atomic E-state index is 0. The number of aliphatic imine (C=N–C) groups is 1. The van der Waals surface area contributed by atoms with Gasteiger partial charge in [-0.1, -0.05) is 0 Å². The summed E-state index contributed by atoms with van der Waals surface area (Å²) >= 11 is 0. The average molecular weight is 476 g/mol. The molecule has 1 aromatic heterocycles. The lowest BCUT2D eigenvalue weighted by Crippen LogP contribution is -2.39. The number of nitrogens with one attached hydrogen (secondary N) is 2. The van der Waals surface area contributed by atoms with Crippen LogP contribution in [0.15, 0.2) is 23.5 Å². The Balaban J connectivity index is 0.00000338. The zero-order valence-corrected chi connectivity index (χ0v) is 18.3. The summed E-state index contributed by atoms with van der Waals surface area (Å²) in [6.07, 6.45) is 7.95. The van der Waals surface area contributed by atoms with Gasteiger partial charge in [-0.25, -0.2) is 0 Å². The first-order chi connectivity index (χ1) is 12.3. The van der Waals surface area contributed by atoms with Crippen molar-refractivity contribution in [1.82, 2.24) is 15.6 Å². The van der Waals surface area contributed by atoms with Gasteiger partial charge in [0.2, 0.25) is 0 Å². The standard InChI is InChI=1S/C19H32N4O2.HI/c1-16-14-21-9-4-18(16)5-10-23-19(20-2)22-8-3-11-25-15-17-6-12-24-13-7-17;/h4,9,14,17H,3,5-8,10-13,15H2,1-2H3,(H2,20,22,23);1H. The monoisotopic (exact) mass is 476 g/mol. The Labute approximate surface area is 174 Å². The fraction of sp³-hybridized carbons (Fsp3) is 0.684. The van der Waals surface area contributed by atoms with Gasteiger partial charge in [-0.3, -0.25) is 9.98 Å². The second kappa shape index (κ2) is 14.2. The summed E-state index contributed by atoms with van der Waals surface area (Å²) < 4.78 is 11.1. The van der Waals surface area contributed by atoms with Crippen LogP contribution in [0, 0.1) is 12.8 Å². The highest BCUT2D eigenvalue weighted by Gasteiger charge is 2.13. The number of halogens is 1. The molecule has 1 aliphatic rings. The number of hydrogen-bond donors (Lipinski definition) is 2. The molecule has 26 heavy (non-hydrogen) atoms. The normalized spacial score (nSPS) is 15.4. The van der Waals surface area contributed by atoms with E-state index in [2.05, 4.69) is 33.6 Å². The number of nitrogens with zero attached hydrogens (tertiary/aromatic N) is 2. The van der Waals surface area contributed by atoms with Crippen molar-refractivity contribution in [2.45, 2.75) is 32.6 Å². The molecular weight excluding hydrogens is 443 g/mol. The zero-order chi connectivity index (χ0) is 17.7. The smallest absolute Gasteiger partial charge is 0.190 e. The van der Waals surface area contributed by atoms with Gasteiger partial charge >= 0.3 is 0 Å². The molecule has 2 heterocycles. The fourth-order valence-corrected chi connectivity index (χ4v) is 2.86. The predicted octanol–water partition coefficient (Wildman–Crippen LogP) is 2.55. The summed E-state index contributed by atoms with van der Waals surface area (Å²) in [4.78, 5) is 8.38. The third kappa shape index (κ3) is 9.14. The molecule has 0 aliphatic carbocycles. The van der Waals surface area contributed by atoms with Gasteiger partial charge in [0.15, 0.2) is 5.96 Å². The summed E-state index contributed by atoms with van der Waals surface area (Å²) in [6.45, 7) is 7.23. The van der Waals surface area contributed by atoms with Crippen molar-refractivity contribution in [3.05, 3.63) is 29.6 Å². The number of hydrogen-bond acceptors (Lipinski definition) is 4. The van der Waals surface area contributed by atoms with E-state index in [-0.39, 0.29) is 24.0 Å². The molecule has 1 saturated heterocycles. The second-order valence-electron chi connectivity index (χ2n) is 6.46. The maximum Gasteiger partial charge on any atom is 0.190 e. The minimum atomic E-state index is 0. The fourth-order valence-electron chi connectivity index (χ4n) is 2.86. The lowest BCUT2D eigenvalue weighted by Gasteiger charge is -2.21. The summed E-state index contributed by atoms with van der Waals surface area (Å²) in [7, 11) is 1.80. The van der Waals surface area contributed by atoms with Crippen molar-refractivity contribution < 1.29 is 9.47 Å². The second-order valence-corrected chi connectivity index (χ2v) is 6.46. The summed E-state index contributed by atoms with van der Waals surface area (Å²) in [6, 6.07) is 2.07. The topological polar surface area (TPSA) is 67.8 Å². The minimum Gasteiger partial charge on any atom is -0.381 e. The molecular formula is C19H33IN4O2. The van der Waals surface area contributed by atoms with Gasteiger partial charge in [-0.05, 0) is 55.7 Å². The number of ether oxygens (including phenoxy) is 2. The molecule has 6 nitrogen and oxygen atoms in total. The van der Waals surface area contributed by atoms with Crippen LogP contribution in [0.3, 0.4) is 0 Å². The van der Waals surface area contributed by atoms with E-state index >= 15 is 0 Å². The third-order valence-electron chi connectivity index (χ3n) is 4.50. The molecule has 0 spiro atoms. The lowest BCUT2D eigenvalue weighted by atomic mass is 10.0. The Kier molecular flexibility index (Phi) is 12.6. The van der Waals surface area contributed by atoms with Crippen molar-refractivity contribution in [3.63, 3.8) is 0 Å². The van der Waals surface area contributed by atoms with Crippen LogP contribution < -0.4 is 10.6 Å². The summed E-state index contributed by atoms with van der Waals surface area (Å²) in [5.41, 5.74) is 2.55. The van der Waals surface area contributed by atoms with Crippen molar-refractivity contribution in [2.75, 3.05) is 46.6 Å².